The van der Waals surface area contributed by atoms with Crippen molar-refractivity contribution in [3.63, 3.8) is 0 Å². The van der Waals surface area contributed by atoms with Crippen LogP contribution in [0.2, 0.25) is 0 Å². The molecule has 0 heterocycles. The fraction of sp³-hybridized carbons (Fsp3) is 0.727. The average Bonchev–Trinajstić information content (AvgIpc) is 2.21. The van der Waals surface area contributed by atoms with Crippen molar-refractivity contribution in [3.05, 3.63) is 12.2 Å². The highest BCUT2D eigenvalue weighted by Crippen LogP contribution is 2.06. The second-order valence-corrected chi connectivity index (χ2v) is 3.18. The predicted octanol–water partition coefficient (Wildman–Crippen LogP) is 2.05. The molecule has 0 aliphatic rings. The van der Waals surface area contributed by atoms with E-state index in [1.54, 1.807) is 6.08 Å². The van der Waals surface area contributed by atoms with Gasteiger partial charge in [-0.3, -0.25) is 4.79 Å². The van der Waals surface area contributed by atoms with Gasteiger partial charge in [0.2, 0.25) is 0 Å². The molecule has 0 aromatic heterocycles. The summed E-state index contributed by atoms with van der Waals surface area (Å²) < 4.78 is 4.53. The van der Waals surface area contributed by atoms with Gasteiger partial charge in [-0.15, -0.1) is 0 Å². The summed E-state index contributed by atoms with van der Waals surface area (Å²) in [5, 5.41) is 8.46. The second kappa shape index (κ2) is 10.3. The molecule has 0 aliphatic heterocycles. The quantitative estimate of drug-likeness (QED) is 0.370. The topological polar surface area (TPSA) is 46.5 Å². The first-order valence-corrected chi connectivity index (χ1v) is 5.14. The molecule has 82 valence electrons. The van der Waals surface area contributed by atoms with E-state index in [9.17, 15) is 4.79 Å². The lowest BCUT2D eigenvalue weighted by Crippen LogP contribution is -1.98. The van der Waals surface area contributed by atoms with E-state index >= 15 is 0 Å². The van der Waals surface area contributed by atoms with Gasteiger partial charge in [0.15, 0.2) is 0 Å². The van der Waals surface area contributed by atoms with Gasteiger partial charge in [0.1, 0.15) is 0 Å². The summed E-state index contributed by atoms with van der Waals surface area (Å²) in [6, 6.07) is 0. The lowest BCUT2D eigenvalue weighted by atomic mass is 10.1. The molecular formula is C11H20O3. The Bertz CT molecular complexity index is 164. The molecule has 0 fully saturated rings. The van der Waals surface area contributed by atoms with Gasteiger partial charge in [-0.1, -0.05) is 25.0 Å². The highest BCUT2D eigenvalue weighted by atomic mass is 16.5. The smallest absolute Gasteiger partial charge is 0.305 e. The van der Waals surface area contributed by atoms with E-state index in [0.717, 1.165) is 32.1 Å². The molecule has 0 atom stereocenters. The summed E-state index contributed by atoms with van der Waals surface area (Å²) in [6.45, 7) is 0.127. The Morgan fingerprint density at radius 2 is 1.93 bits per heavy atom. The fourth-order valence-corrected chi connectivity index (χ4v) is 1.18. The molecule has 0 spiro atoms. The summed E-state index contributed by atoms with van der Waals surface area (Å²) in [6.07, 6.45) is 9.53. The number of methoxy groups -OCH3 is 1. The van der Waals surface area contributed by atoms with Crippen molar-refractivity contribution in [1.82, 2.24) is 0 Å². The number of hydrogen-bond donors (Lipinski definition) is 1. The van der Waals surface area contributed by atoms with Crippen LogP contribution in [0.15, 0.2) is 12.2 Å². The summed E-state index contributed by atoms with van der Waals surface area (Å²) >= 11 is 0. The number of aliphatic hydroxyl groups excluding tert-OH is 1. The third-order valence-corrected chi connectivity index (χ3v) is 2.00. The zero-order chi connectivity index (χ0) is 10.6. The number of carbonyl (C=O) groups is 1. The van der Waals surface area contributed by atoms with Crippen LogP contribution in [0.5, 0.6) is 0 Å². The molecule has 3 heteroatoms. The number of esters is 1. The van der Waals surface area contributed by atoms with E-state index in [1.807, 2.05) is 6.08 Å². The largest absolute Gasteiger partial charge is 0.469 e. The maximum Gasteiger partial charge on any atom is 0.305 e. The first-order valence-electron chi connectivity index (χ1n) is 5.14. The summed E-state index contributed by atoms with van der Waals surface area (Å²) in [5.74, 6) is -0.120. The summed E-state index contributed by atoms with van der Waals surface area (Å²) in [4.78, 5) is 10.7. The van der Waals surface area contributed by atoms with Gasteiger partial charge in [-0.05, 0) is 19.3 Å². The van der Waals surface area contributed by atoms with Crippen LogP contribution in [0.3, 0.4) is 0 Å². The minimum Gasteiger partial charge on any atom is -0.469 e. The molecule has 0 aromatic rings. The van der Waals surface area contributed by atoms with Crippen molar-refractivity contribution in [2.45, 2.75) is 38.5 Å². The normalized spacial score (nSPS) is 10.7. The SMILES string of the molecule is COC(=O)CCCCCCC=CCO. The summed E-state index contributed by atoms with van der Waals surface area (Å²) in [7, 11) is 1.42. The molecule has 0 aromatic carbocycles. The third-order valence-electron chi connectivity index (χ3n) is 2.00. The lowest BCUT2D eigenvalue weighted by molar-refractivity contribution is -0.140. The molecule has 0 saturated heterocycles. The van der Waals surface area contributed by atoms with Crippen LogP contribution in [-0.4, -0.2) is 24.8 Å². The van der Waals surface area contributed by atoms with Crippen molar-refractivity contribution in [2.75, 3.05) is 13.7 Å². The van der Waals surface area contributed by atoms with Crippen LogP contribution in [-0.2, 0) is 9.53 Å². The average molecular weight is 200 g/mol. The van der Waals surface area contributed by atoms with Crippen LogP contribution in [0, 0.1) is 0 Å². The van der Waals surface area contributed by atoms with Gasteiger partial charge < -0.3 is 9.84 Å². The molecule has 0 radical (unpaired) electrons. The maximum absolute atomic E-state index is 10.7. The Morgan fingerprint density at radius 1 is 1.21 bits per heavy atom. The van der Waals surface area contributed by atoms with Crippen molar-refractivity contribution in [2.24, 2.45) is 0 Å². The number of carbonyl (C=O) groups excluding carboxylic acids is 1. The van der Waals surface area contributed by atoms with E-state index < -0.39 is 0 Å². The number of hydrogen-bond acceptors (Lipinski definition) is 3. The molecule has 1 N–H and O–H groups in total. The van der Waals surface area contributed by atoms with Gasteiger partial charge in [0, 0.05) is 6.42 Å². The molecule has 14 heavy (non-hydrogen) atoms. The zero-order valence-corrected chi connectivity index (χ0v) is 8.87. The monoisotopic (exact) mass is 200 g/mol. The van der Waals surface area contributed by atoms with Gasteiger partial charge in [0.05, 0.1) is 13.7 Å². The highest BCUT2D eigenvalue weighted by molar-refractivity contribution is 5.68. The van der Waals surface area contributed by atoms with Gasteiger partial charge in [-0.2, -0.15) is 0 Å². The van der Waals surface area contributed by atoms with Crippen molar-refractivity contribution in [1.29, 1.82) is 0 Å². The van der Waals surface area contributed by atoms with E-state index in [-0.39, 0.29) is 12.6 Å². The molecule has 0 amide bonds. The molecular weight excluding hydrogens is 180 g/mol. The number of allylic oxidation sites excluding steroid dienone is 1. The first kappa shape index (κ1) is 13.2. The standard InChI is InChI=1S/C11H20O3/c1-14-11(13)9-7-5-3-2-4-6-8-10-12/h6,8,12H,2-5,7,9-10H2,1H3. The minimum atomic E-state index is -0.120. The van der Waals surface area contributed by atoms with E-state index in [2.05, 4.69) is 4.74 Å². The van der Waals surface area contributed by atoms with E-state index in [1.165, 1.54) is 7.11 Å². The second-order valence-electron chi connectivity index (χ2n) is 3.18. The van der Waals surface area contributed by atoms with Gasteiger partial charge in [-0.25, -0.2) is 0 Å². The van der Waals surface area contributed by atoms with Gasteiger partial charge in [0.25, 0.3) is 0 Å². The molecule has 0 unspecified atom stereocenters. The number of aliphatic hydroxyl groups is 1. The van der Waals surface area contributed by atoms with Crippen molar-refractivity contribution >= 4 is 5.97 Å². The van der Waals surface area contributed by atoms with Crippen LogP contribution in [0.4, 0.5) is 0 Å². The van der Waals surface area contributed by atoms with Crippen LogP contribution in [0.25, 0.3) is 0 Å². The maximum atomic E-state index is 10.7. The molecule has 0 rings (SSSR count). The first-order chi connectivity index (χ1) is 6.81. The molecule has 0 aliphatic carbocycles. The predicted molar refractivity (Wildman–Crippen MR) is 55.9 cm³/mol. The molecule has 0 bridgehead atoms. The van der Waals surface area contributed by atoms with E-state index in [0.29, 0.717) is 6.42 Å². The third kappa shape index (κ3) is 9.26. The zero-order valence-electron chi connectivity index (χ0n) is 8.87. The number of rotatable bonds is 8. The Balaban J connectivity index is 3.06. The minimum absolute atomic E-state index is 0.120. The Labute approximate surface area is 85.8 Å². The van der Waals surface area contributed by atoms with Crippen LogP contribution < -0.4 is 0 Å². The fourth-order valence-electron chi connectivity index (χ4n) is 1.18. The molecule has 3 nitrogen and oxygen atoms in total. The van der Waals surface area contributed by atoms with Crippen LogP contribution in [0.1, 0.15) is 38.5 Å². The van der Waals surface area contributed by atoms with Crippen molar-refractivity contribution < 1.29 is 14.6 Å². The Hall–Kier alpha value is -0.830. The van der Waals surface area contributed by atoms with Crippen LogP contribution >= 0.6 is 0 Å². The van der Waals surface area contributed by atoms with Crippen molar-refractivity contribution in [3.8, 4) is 0 Å². The van der Waals surface area contributed by atoms with Gasteiger partial charge >= 0.3 is 5.97 Å². The summed E-state index contributed by atoms with van der Waals surface area (Å²) in [5.41, 5.74) is 0. The number of unbranched alkanes of at least 4 members (excludes halogenated alkanes) is 4. The number of ether oxygens (including phenoxy) is 1. The molecule has 0 saturated carbocycles. The Morgan fingerprint density at radius 3 is 2.57 bits per heavy atom. The lowest BCUT2D eigenvalue weighted by Gasteiger charge is -1.98. The highest BCUT2D eigenvalue weighted by Gasteiger charge is 1.98. The van der Waals surface area contributed by atoms with E-state index in [4.69, 9.17) is 5.11 Å². The Kier molecular flexibility index (Phi) is 9.64.